The third-order valence-electron chi connectivity index (χ3n) is 2.86. The smallest absolute Gasteiger partial charge is 0.308 e. The zero-order valence-corrected chi connectivity index (χ0v) is 11.0. The van der Waals surface area contributed by atoms with Gasteiger partial charge in [0.25, 0.3) is 5.91 Å². The van der Waals surface area contributed by atoms with E-state index in [-0.39, 0.29) is 12.5 Å². The van der Waals surface area contributed by atoms with E-state index in [1.807, 2.05) is 30.3 Å². The molecular formula is C14H15N3O3. The van der Waals surface area contributed by atoms with Crippen LogP contribution in [0.15, 0.2) is 42.7 Å². The van der Waals surface area contributed by atoms with Gasteiger partial charge in [0.15, 0.2) is 0 Å². The molecule has 0 saturated heterocycles. The first-order chi connectivity index (χ1) is 9.58. The van der Waals surface area contributed by atoms with Gasteiger partial charge in [-0.2, -0.15) is 5.10 Å². The molecule has 0 aliphatic carbocycles. The monoisotopic (exact) mass is 273 g/mol. The quantitative estimate of drug-likeness (QED) is 0.860. The SMILES string of the molecule is CC(CNC(=O)c1cnn(-c2ccccc2)c1)C(=O)O. The highest BCUT2D eigenvalue weighted by atomic mass is 16.4. The van der Waals surface area contributed by atoms with Gasteiger partial charge in [0.1, 0.15) is 0 Å². The van der Waals surface area contributed by atoms with Crippen molar-refractivity contribution in [3.8, 4) is 5.69 Å². The van der Waals surface area contributed by atoms with Gasteiger partial charge in [-0.05, 0) is 12.1 Å². The van der Waals surface area contributed by atoms with Crippen molar-refractivity contribution in [2.24, 2.45) is 5.92 Å². The van der Waals surface area contributed by atoms with Gasteiger partial charge in [-0.25, -0.2) is 4.68 Å². The molecule has 1 aromatic heterocycles. The molecule has 1 amide bonds. The van der Waals surface area contributed by atoms with Gasteiger partial charge in [-0.1, -0.05) is 25.1 Å². The number of rotatable bonds is 5. The van der Waals surface area contributed by atoms with Crippen molar-refractivity contribution in [1.82, 2.24) is 15.1 Å². The summed E-state index contributed by atoms with van der Waals surface area (Å²) in [5.74, 6) is -1.89. The molecule has 0 bridgehead atoms. The second-order valence-corrected chi connectivity index (χ2v) is 4.46. The largest absolute Gasteiger partial charge is 0.481 e. The van der Waals surface area contributed by atoms with Crippen molar-refractivity contribution in [3.05, 3.63) is 48.3 Å². The summed E-state index contributed by atoms with van der Waals surface area (Å²) in [6, 6.07) is 9.41. The van der Waals surface area contributed by atoms with Crippen LogP contribution in [0.25, 0.3) is 5.69 Å². The van der Waals surface area contributed by atoms with E-state index < -0.39 is 11.9 Å². The van der Waals surface area contributed by atoms with Crippen molar-refractivity contribution in [2.75, 3.05) is 6.54 Å². The Morgan fingerprint density at radius 2 is 2.05 bits per heavy atom. The number of aromatic nitrogens is 2. The first-order valence-electron chi connectivity index (χ1n) is 6.19. The molecular weight excluding hydrogens is 258 g/mol. The summed E-state index contributed by atoms with van der Waals surface area (Å²) < 4.78 is 1.59. The first kappa shape index (κ1) is 13.8. The molecule has 0 saturated carbocycles. The standard InChI is InChI=1S/C14H15N3O3/c1-10(14(19)20)7-15-13(18)11-8-16-17(9-11)12-5-3-2-4-6-12/h2-6,8-10H,7H2,1H3,(H,15,18)(H,19,20). The molecule has 2 aromatic rings. The lowest BCUT2D eigenvalue weighted by atomic mass is 10.2. The average molecular weight is 273 g/mol. The lowest BCUT2D eigenvalue weighted by Gasteiger charge is -2.06. The van der Waals surface area contributed by atoms with E-state index in [0.717, 1.165) is 5.69 Å². The fraction of sp³-hybridized carbons (Fsp3) is 0.214. The lowest BCUT2D eigenvalue weighted by Crippen LogP contribution is -2.31. The lowest BCUT2D eigenvalue weighted by molar-refractivity contribution is -0.140. The number of hydrogen-bond acceptors (Lipinski definition) is 3. The van der Waals surface area contributed by atoms with Crippen molar-refractivity contribution in [3.63, 3.8) is 0 Å². The summed E-state index contributed by atoms with van der Waals surface area (Å²) in [6.07, 6.45) is 3.06. The van der Waals surface area contributed by atoms with Crippen LogP contribution in [0.4, 0.5) is 0 Å². The summed E-state index contributed by atoms with van der Waals surface area (Å²) >= 11 is 0. The maximum Gasteiger partial charge on any atom is 0.308 e. The van der Waals surface area contributed by atoms with E-state index >= 15 is 0 Å². The van der Waals surface area contributed by atoms with Crippen LogP contribution in [0.3, 0.4) is 0 Å². The molecule has 1 atom stereocenters. The summed E-state index contributed by atoms with van der Waals surface area (Å²) in [6.45, 7) is 1.63. The summed E-state index contributed by atoms with van der Waals surface area (Å²) in [4.78, 5) is 22.5. The van der Waals surface area contributed by atoms with Gasteiger partial charge in [-0.3, -0.25) is 9.59 Å². The Labute approximate surface area is 116 Å². The van der Waals surface area contributed by atoms with Crippen LogP contribution in [-0.2, 0) is 4.79 Å². The molecule has 0 aliphatic heterocycles. The number of carbonyl (C=O) groups is 2. The Hall–Kier alpha value is -2.63. The maximum atomic E-state index is 11.9. The summed E-state index contributed by atoms with van der Waals surface area (Å²) in [7, 11) is 0. The van der Waals surface area contributed by atoms with E-state index in [1.54, 1.807) is 10.9 Å². The minimum absolute atomic E-state index is 0.0880. The molecule has 0 aliphatic rings. The fourth-order valence-corrected chi connectivity index (χ4v) is 1.60. The van der Waals surface area contributed by atoms with Gasteiger partial charge in [0, 0.05) is 12.7 Å². The second-order valence-electron chi connectivity index (χ2n) is 4.46. The number of amides is 1. The van der Waals surface area contributed by atoms with E-state index in [9.17, 15) is 9.59 Å². The van der Waals surface area contributed by atoms with Gasteiger partial charge in [0.2, 0.25) is 0 Å². The Kier molecular flexibility index (Phi) is 4.14. The van der Waals surface area contributed by atoms with Crippen molar-refractivity contribution < 1.29 is 14.7 Å². The highest BCUT2D eigenvalue weighted by Crippen LogP contribution is 2.07. The van der Waals surface area contributed by atoms with Crippen LogP contribution in [0.2, 0.25) is 0 Å². The van der Waals surface area contributed by atoms with E-state index in [2.05, 4.69) is 10.4 Å². The molecule has 6 nitrogen and oxygen atoms in total. The third-order valence-corrected chi connectivity index (χ3v) is 2.86. The average Bonchev–Trinajstić information content (AvgIpc) is 2.95. The molecule has 0 spiro atoms. The van der Waals surface area contributed by atoms with Crippen LogP contribution in [-0.4, -0.2) is 33.3 Å². The number of aliphatic carboxylic acids is 1. The van der Waals surface area contributed by atoms with E-state index in [1.165, 1.54) is 13.1 Å². The maximum absolute atomic E-state index is 11.9. The number of para-hydroxylation sites is 1. The predicted molar refractivity (Wildman–Crippen MR) is 72.7 cm³/mol. The molecule has 20 heavy (non-hydrogen) atoms. The van der Waals surface area contributed by atoms with Gasteiger partial charge in [0.05, 0.1) is 23.4 Å². The summed E-state index contributed by atoms with van der Waals surface area (Å²) in [5, 5.41) is 15.4. The Bertz CT molecular complexity index is 607. The van der Waals surface area contributed by atoms with Crippen LogP contribution in [0.1, 0.15) is 17.3 Å². The van der Waals surface area contributed by atoms with Crippen molar-refractivity contribution in [2.45, 2.75) is 6.92 Å². The predicted octanol–water partition coefficient (Wildman–Crippen LogP) is 1.32. The number of nitrogens with zero attached hydrogens (tertiary/aromatic N) is 2. The minimum atomic E-state index is -0.940. The molecule has 2 rings (SSSR count). The van der Waals surface area contributed by atoms with Crippen LogP contribution in [0, 0.1) is 5.92 Å². The molecule has 6 heteroatoms. The third kappa shape index (κ3) is 3.23. The Morgan fingerprint density at radius 1 is 1.35 bits per heavy atom. The molecule has 1 aromatic carbocycles. The van der Waals surface area contributed by atoms with Gasteiger partial charge in [-0.15, -0.1) is 0 Å². The van der Waals surface area contributed by atoms with Crippen LogP contribution < -0.4 is 5.32 Å². The number of carbonyl (C=O) groups excluding carboxylic acids is 1. The van der Waals surface area contributed by atoms with Crippen LogP contribution in [0.5, 0.6) is 0 Å². The minimum Gasteiger partial charge on any atom is -0.481 e. The number of nitrogens with one attached hydrogen (secondary N) is 1. The van der Waals surface area contributed by atoms with Gasteiger partial charge < -0.3 is 10.4 Å². The highest BCUT2D eigenvalue weighted by Gasteiger charge is 2.14. The van der Waals surface area contributed by atoms with Crippen molar-refractivity contribution >= 4 is 11.9 Å². The molecule has 104 valence electrons. The summed E-state index contributed by atoms with van der Waals surface area (Å²) in [5.41, 5.74) is 1.25. The Balaban J connectivity index is 2.02. The number of carboxylic acid groups (broad SMARTS) is 1. The Morgan fingerprint density at radius 3 is 2.70 bits per heavy atom. The second kappa shape index (κ2) is 6.01. The van der Waals surface area contributed by atoms with E-state index in [4.69, 9.17) is 5.11 Å². The molecule has 1 heterocycles. The zero-order chi connectivity index (χ0) is 14.5. The fourth-order valence-electron chi connectivity index (χ4n) is 1.60. The number of carboxylic acids is 1. The van der Waals surface area contributed by atoms with Gasteiger partial charge >= 0.3 is 5.97 Å². The normalized spacial score (nSPS) is 11.8. The molecule has 0 radical (unpaired) electrons. The molecule has 1 unspecified atom stereocenters. The first-order valence-corrected chi connectivity index (χ1v) is 6.19. The molecule has 0 fully saturated rings. The highest BCUT2D eigenvalue weighted by molar-refractivity contribution is 5.94. The number of benzene rings is 1. The molecule has 2 N–H and O–H groups in total. The van der Waals surface area contributed by atoms with E-state index in [0.29, 0.717) is 5.56 Å². The zero-order valence-electron chi connectivity index (χ0n) is 11.0. The van der Waals surface area contributed by atoms with Crippen LogP contribution >= 0.6 is 0 Å². The van der Waals surface area contributed by atoms with Crippen molar-refractivity contribution in [1.29, 1.82) is 0 Å². The topological polar surface area (TPSA) is 84.2 Å². The number of hydrogen-bond donors (Lipinski definition) is 2.